The molecule has 0 spiro atoms. The number of allylic oxidation sites excluding steroid dienone is 2. The van der Waals surface area contributed by atoms with Gasteiger partial charge in [0.05, 0.1) is 5.92 Å². The number of hydrogen-bond acceptors (Lipinski definition) is 0. The molecule has 0 aliphatic carbocycles. The van der Waals surface area contributed by atoms with Crippen LogP contribution >= 0.6 is 0 Å². The van der Waals surface area contributed by atoms with E-state index < -0.39 is 12.1 Å². The average molecular weight is 250 g/mol. The summed E-state index contributed by atoms with van der Waals surface area (Å²) in [6, 6.07) is 0. The van der Waals surface area contributed by atoms with Crippen molar-refractivity contribution in [1.82, 2.24) is 0 Å². The molecule has 0 amide bonds. The Bertz CT molecular complexity index is 214. The lowest BCUT2D eigenvalue weighted by Crippen LogP contribution is -2.24. The van der Waals surface area contributed by atoms with Crippen molar-refractivity contribution in [3.8, 4) is 0 Å². The lowest BCUT2D eigenvalue weighted by Gasteiger charge is -2.21. The van der Waals surface area contributed by atoms with E-state index in [4.69, 9.17) is 0 Å². The molecule has 0 saturated heterocycles. The standard InChI is InChI=1S/C14H25F3/c1-11(2)8-6-5-7-9-13(10-12(3)4)14(15,16)17/h5-6,11-13H,7-10H2,1-4H3/b6-5+. The van der Waals surface area contributed by atoms with Crippen LogP contribution in [-0.2, 0) is 0 Å². The summed E-state index contributed by atoms with van der Waals surface area (Å²) < 4.78 is 38.1. The summed E-state index contributed by atoms with van der Waals surface area (Å²) in [5.41, 5.74) is 0. The Morgan fingerprint density at radius 1 is 0.941 bits per heavy atom. The fourth-order valence-electron chi connectivity index (χ4n) is 1.77. The molecule has 0 nitrogen and oxygen atoms in total. The van der Waals surface area contributed by atoms with E-state index in [9.17, 15) is 13.2 Å². The van der Waals surface area contributed by atoms with Crippen molar-refractivity contribution in [2.24, 2.45) is 17.8 Å². The van der Waals surface area contributed by atoms with Crippen LogP contribution in [-0.4, -0.2) is 6.18 Å². The maximum Gasteiger partial charge on any atom is 0.391 e. The van der Waals surface area contributed by atoms with Crippen LogP contribution in [0.1, 0.15) is 53.4 Å². The highest BCUT2D eigenvalue weighted by molar-refractivity contribution is 4.84. The van der Waals surface area contributed by atoms with E-state index in [1.54, 1.807) is 0 Å². The molecule has 0 aliphatic heterocycles. The number of rotatable bonds is 7. The molecule has 0 aromatic rings. The quantitative estimate of drug-likeness (QED) is 0.516. The van der Waals surface area contributed by atoms with E-state index >= 15 is 0 Å². The Hall–Kier alpha value is -0.470. The van der Waals surface area contributed by atoms with Crippen molar-refractivity contribution in [3.63, 3.8) is 0 Å². The van der Waals surface area contributed by atoms with Gasteiger partial charge in [0.25, 0.3) is 0 Å². The molecule has 1 unspecified atom stereocenters. The predicted molar refractivity (Wildman–Crippen MR) is 66.8 cm³/mol. The molecule has 102 valence electrons. The summed E-state index contributed by atoms with van der Waals surface area (Å²) in [5.74, 6) is -0.479. The monoisotopic (exact) mass is 250 g/mol. The highest BCUT2D eigenvalue weighted by Gasteiger charge is 2.38. The third kappa shape index (κ3) is 9.25. The molecule has 0 heterocycles. The Morgan fingerprint density at radius 2 is 1.53 bits per heavy atom. The summed E-state index contributed by atoms with van der Waals surface area (Å²) in [4.78, 5) is 0. The molecule has 0 aromatic carbocycles. The van der Waals surface area contributed by atoms with E-state index in [2.05, 4.69) is 13.8 Å². The van der Waals surface area contributed by atoms with Crippen LogP contribution in [0.3, 0.4) is 0 Å². The smallest absolute Gasteiger partial charge is 0.171 e. The molecular formula is C14H25F3. The molecule has 1 atom stereocenters. The molecule has 0 N–H and O–H groups in total. The molecule has 0 rings (SSSR count). The molecule has 3 heteroatoms. The minimum Gasteiger partial charge on any atom is -0.171 e. The van der Waals surface area contributed by atoms with Crippen molar-refractivity contribution in [2.75, 3.05) is 0 Å². The molecule has 0 radical (unpaired) electrons. The van der Waals surface area contributed by atoms with E-state index in [-0.39, 0.29) is 18.8 Å². The van der Waals surface area contributed by atoms with Gasteiger partial charge in [-0.05, 0) is 37.5 Å². The number of alkyl halides is 3. The van der Waals surface area contributed by atoms with Gasteiger partial charge in [0, 0.05) is 0 Å². The zero-order valence-corrected chi connectivity index (χ0v) is 11.3. The van der Waals surface area contributed by atoms with Crippen LogP contribution in [0.4, 0.5) is 13.2 Å². The third-order valence-electron chi connectivity index (χ3n) is 2.67. The van der Waals surface area contributed by atoms with Gasteiger partial charge >= 0.3 is 6.18 Å². The maximum atomic E-state index is 12.7. The van der Waals surface area contributed by atoms with E-state index in [1.165, 1.54) is 0 Å². The summed E-state index contributed by atoms with van der Waals surface area (Å²) in [5, 5.41) is 0. The second-order valence-corrected chi connectivity index (χ2v) is 5.55. The van der Waals surface area contributed by atoms with Crippen LogP contribution in [0.15, 0.2) is 12.2 Å². The normalized spacial score (nSPS) is 15.1. The zero-order chi connectivity index (χ0) is 13.5. The van der Waals surface area contributed by atoms with Gasteiger partial charge in [-0.15, -0.1) is 0 Å². The van der Waals surface area contributed by atoms with Crippen LogP contribution < -0.4 is 0 Å². The second kappa shape index (κ2) is 7.78. The van der Waals surface area contributed by atoms with Crippen molar-refractivity contribution in [3.05, 3.63) is 12.2 Å². The van der Waals surface area contributed by atoms with Crippen molar-refractivity contribution in [2.45, 2.75) is 59.6 Å². The minimum absolute atomic E-state index is 0.0984. The van der Waals surface area contributed by atoms with Crippen molar-refractivity contribution in [1.29, 1.82) is 0 Å². The Balaban J connectivity index is 4.05. The first-order valence-electron chi connectivity index (χ1n) is 6.45. The molecule has 0 bridgehead atoms. The zero-order valence-electron chi connectivity index (χ0n) is 11.3. The van der Waals surface area contributed by atoms with Crippen LogP contribution in [0.2, 0.25) is 0 Å². The Labute approximate surface area is 103 Å². The van der Waals surface area contributed by atoms with Gasteiger partial charge in [0.15, 0.2) is 0 Å². The number of hydrogen-bond donors (Lipinski definition) is 0. The lowest BCUT2D eigenvalue weighted by atomic mass is 9.92. The third-order valence-corrected chi connectivity index (χ3v) is 2.67. The first kappa shape index (κ1) is 16.5. The van der Waals surface area contributed by atoms with Gasteiger partial charge in [0.1, 0.15) is 0 Å². The fraction of sp³-hybridized carbons (Fsp3) is 0.857. The SMILES string of the molecule is CC(C)C/C=C/CCC(CC(C)C)C(F)(F)F. The van der Waals surface area contributed by atoms with Gasteiger partial charge < -0.3 is 0 Å². The van der Waals surface area contributed by atoms with Crippen LogP contribution in [0.25, 0.3) is 0 Å². The van der Waals surface area contributed by atoms with Crippen LogP contribution in [0, 0.1) is 17.8 Å². The van der Waals surface area contributed by atoms with Crippen molar-refractivity contribution >= 4 is 0 Å². The van der Waals surface area contributed by atoms with Gasteiger partial charge in [-0.1, -0.05) is 39.8 Å². The lowest BCUT2D eigenvalue weighted by molar-refractivity contribution is -0.180. The summed E-state index contributed by atoms with van der Waals surface area (Å²) >= 11 is 0. The first-order chi connectivity index (χ1) is 7.73. The highest BCUT2D eigenvalue weighted by Crippen LogP contribution is 2.34. The second-order valence-electron chi connectivity index (χ2n) is 5.55. The van der Waals surface area contributed by atoms with Gasteiger partial charge in [-0.3, -0.25) is 0 Å². The molecule has 0 saturated carbocycles. The largest absolute Gasteiger partial charge is 0.391 e. The average Bonchev–Trinajstić information content (AvgIpc) is 2.12. The molecule has 17 heavy (non-hydrogen) atoms. The van der Waals surface area contributed by atoms with E-state index in [0.717, 1.165) is 6.42 Å². The fourth-order valence-corrected chi connectivity index (χ4v) is 1.77. The number of halogens is 3. The minimum atomic E-state index is -4.05. The first-order valence-corrected chi connectivity index (χ1v) is 6.45. The predicted octanol–water partition coefficient (Wildman–Crippen LogP) is 5.59. The van der Waals surface area contributed by atoms with E-state index in [1.807, 2.05) is 26.0 Å². The van der Waals surface area contributed by atoms with Gasteiger partial charge in [-0.2, -0.15) is 13.2 Å². The summed E-state index contributed by atoms with van der Waals surface area (Å²) in [6.45, 7) is 7.88. The molecule has 0 aliphatic rings. The van der Waals surface area contributed by atoms with Gasteiger partial charge in [0.2, 0.25) is 0 Å². The molecule has 0 aromatic heterocycles. The highest BCUT2D eigenvalue weighted by atomic mass is 19.4. The topological polar surface area (TPSA) is 0 Å². The van der Waals surface area contributed by atoms with Crippen molar-refractivity contribution < 1.29 is 13.2 Å². The van der Waals surface area contributed by atoms with Gasteiger partial charge in [-0.25, -0.2) is 0 Å². The summed E-state index contributed by atoms with van der Waals surface area (Å²) in [7, 11) is 0. The van der Waals surface area contributed by atoms with E-state index in [0.29, 0.717) is 12.3 Å². The van der Waals surface area contributed by atoms with Crippen LogP contribution in [0.5, 0.6) is 0 Å². The Morgan fingerprint density at radius 3 is 1.94 bits per heavy atom. The summed E-state index contributed by atoms with van der Waals surface area (Å²) in [6.07, 6.45) is 1.77. The maximum absolute atomic E-state index is 12.7. The molecular weight excluding hydrogens is 225 g/mol. The Kier molecular flexibility index (Phi) is 7.56. The molecule has 0 fully saturated rings.